The molecule has 1 saturated carbocycles. The van der Waals surface area contributed by atoms with Crippen molar-refractivity contribution in [2.45, 2.75) is 57.2 Å². The molecule has 27 heavy (non-hydrogen) atoms. The van der Waals surface area contributed by atoms with E-state index in [9.17, 15) is 24.6 Å². The van der Waals surface area contributed by atoms with E-state index in [1.807, 2.05) is 0 Å². The Morgan fingerprint density at radius 1 is 1.22 bits per heavy atom. The molecule has 2 heterocycles. The summed E-state index contributed by atoms with van der Waals surface area (Å²) < 4.78 is 0. The van der Waals surface area contributed by atoms with Crippen LogP contribution in [0.4, 0.5) is 4.79 Å². The van der Waals surface area contributed by atoms with Gasteiger partial charge in [-0.05, 0) is 38.0 Å². The number of β-amino-alcohol motifs (C(OH)–C–C–N with tert-alkyl or cyclic N) is 1. The van der Waals surface area contributed by atoms with Crippen LogP contribution in [0.25, 0.3) is 0 Å². The summed E-state index contributed by atoms with van der Waals surface area (Å²) in [6.07, 6.45) is 1.80. The van der Waals surface area contributed by atoms with Crippen LogP contribution in [-0.4, -0.2) is 98.9 Å². The normalized spacial score (nSPS) is 28.4. The molecule has 0 aromatic heterocycles. The summed E-state index contributed by atoms with van der Waals surface area (Å²) >= 11 is 0. The highest BCUT2D eigenvalue weighted by Crippen LogP contribution is 2.53. The van der Waals surface area contributed by atoms with Gasteiger partial charge in [0.15, 0.2) is 0 Å². The number of aliphatic hydroxyl groups excluding tert-OH is 2. The van der Waals surface area contributed by atoms with Gasteiger partial charge in [-0.25, -0.2) is 4.79 Å². The van der Waals surface area contributed by atoms with Gasteiger partial charge < -0.3 is 25.1 Å². The molecule has 3 amide bonds. The summed E-state index contributed by atoms with van der Waals surface area (Å²) in [7, 11) is 0. The lowest BCUT2D eigenvalue weighted by Crippen LogP contribution is -2.60. The van der Waals surface area contributed by atoms with Crippen molar-refractivity contribution < 1.29 is 29.7 Å². The van der Waals surface area contributed by atoms with Crippen LogP contribution in [0.2, 0.25) is 0 Å². The summed E-state index contributed by atoms with van der Waals surface area (Å²) in [6.45, 7) is 2.66. The van der Waals surface area contributed by atoms with Crippen molar-refractivity contribution in [1.29, 1.82) is 0 Å². The van der Waals surface area contributed by atoms with E-state index in [0.717, 1.165) is 24.2 Å². The Bertz CT molecular complexity index is 608. The number of piperazine rings is 1. The van der Waals surface area contributed by atoms with Crippen LogP contribution in [0.1, 0.15) is 39.0 Å². The fraction of sp³-hybridized carbons (Fsp3) is 0.833. The zero-order valence-corrected chi connectivity index (χ0v) is 15.7. The fourth-order valence-electron chi connectivity index (χ4n) is 4.30. The second-order valence-electron chi connectivity index (χ2n) is 8.03. The number of carboxylic acid groups (broad SMARTS) is 1. The fourth-order valence-corrected chi connectivity index (χ4v) is 4.30. The molecule has 152 valence electrons. The number of hydrogen-bond donors (Lipinski definition) is 3. The Balaban J connectivity index is 1.52. The van der Waals surface area contributed by atoms with Gasteiger partial charge in [0.25, 0.3) is 0 Å². The summed E-state index contributed by atoms with van der Waals surface area (Å²) in [5.74, 6) is -0.424. The molecule has 0 bridgehead atoms. The topological polar surface area (TPSA) is 122 Å². The molecule has 1 spiro atoms. The van der Waals surface area contributed by atoms with Crippen molar-refractivity contribution in [3.05, 3.63) is 0 Å². The minimum atomic E-state index is -1.14. The van der Waals surface area contributed by atoms with E-state index >= 15 is 0 Å². The van der Waals surface area contributed by atoms with E-state index in [-0.39, 0.29) is 43.3 Å². The van der Waals surface area contributed by atoms with Gasteiger partial charge in [0.1, 0.15) is 6.04 Å². The number of rotatable bonds is 5. The lowest BCUT2D eigenvalue weighted by Gasteiger charge is -2.41. The molecule has 1 aliphatic carbocycles. The van der Waals surface area contributed by atoms with Crippen LogP contribution in [0, 0.1) is 5.41 Å². The molecule has 3 fully saturated rings. The highest BCUT2D eigenvalue weighted by Gasteiger charge is 2.51. The molecule has 3 N–H and O–H groups in total. The number of amides is 3. The van der Waals surface area contributed by atoms with Crippen molar-refractivity contribution >= 4 is 17.9 Å². The Morgan fingerprint density at radius 3 is 2.48 bits per heavy atom. The van der Waals surface area contributed by atoms with Gasteiger partial charge in [-0.1, -0.05) is 0 Å². The number of carbonyl (C=O) groups is 3. The minimum Gasteiger partial charge on any atom is -0.465 e. The van der Waals surface area contributed by atoms with Crippen LogP contribution in [0.15, 0.2) is 0 Å². The minimum absolute atomic E-state index is 0.0385. The van der Waals surface area contributed by atoms with E-state index in [1.54, 1.807) is 4.90 Å². The van der Waals surface area contributed by atoms with E-state index in [4.69, 9.17) is 5.11 Å². The summed E-state index contributed by atoms with van der Waals surface area (Å²) in [5.41, 5.74) is 0.0385. The average molecular weight is 383 g/mol. The van der Waals surface area contributed by atoms with Gasteiger partial charge in [-0.3, -0.25) is 14.5 Å². The maximum atomic E-state index is 12.5. The van der Waals surface area contributed by atoms with Crippen LogP contribution < -0.4 is 0 Å². The molecule has 3 rings (SSSR count). The van der Waals surface area contributed by atoms with Crippen molar-refractivity contribution in [2.24, 2.45) is 5.41 Å². The number of likely N-dealkylation sites (tertiary alicyclic amines) is 1. The van der Waals surface area contributed by atoms with Gasteiger partial charge in [0.2, 0.25) is 11.8 Å². The van der Waals surface area contributed by atoms with Crippen molar-refractivity contribution in [2.75, 3.05) is 32.8 Å². The monoisotopic (exact) mass is 383 g/mol. The summed E-state index contributed by atoms with van der Waals surface area (Å²) in [6, 6.07) is -1.31. The number of carbonyl (C=O) groups excluding carboxylic acids is 2. The molecule has 9 nitrogen and oxygen atoms in total. The first-order valence-corrected chi connectivity index (χ1v) is 9.66. The first kappa shape index (κ1) is 19.9. The third-order valence-corrected chi connectivity index (χ3v) is 6.50. The molecule has 3 atom stereocenters. The van der Waals surface area contributed by atoms with Crippen LogP contribution >= 0.6 is 0 Å². The predicted molar refractivity (Wildman–Crippen MR) is 94.9 cm³/mol. The quantitative estimate of drug-likeness (QED) is 0.600. The maximum absolute atomic E-state index is 12.5. The Hall–Kier alpha value is -1.87. The number of nitrogens with zero attached hydrogens (tertiary/aromatic N) is 3. The molecule has 0 aromatic rings. The van der Waals surface area contributed by atoms with E-state index in [1.165, 1.54) is 11.8 Å². The molecule has 2 aliphatic heterocycles. The van der Waals surface area contributed by atoms with E-state index in [2.05, 4.69) is 0 Å². The Labute approximate surface area is 158 Å². The third-order valence-electron chi connectivity index (χ3n) is 6.50. The maximum Gasteiger partial charge on any atom is 0.408 e. The lowest BCUT2D eigenvalue weighted by atomic mass is 9.90. The second-order valence-corrected chi connectivity index (χ2v) is 8.03. The van der Waals surface area contributed by atoms with Crippen molar-refractivity contribution in [1.82, 2.24) is 14.7 Å². The lowest BCUT2D eigenvalue weighted by molar-refractivity contribution is -0.145. The molecular weight excluding hydrogens is 354 g/mol. The van der Waals surface area contributed by atoms with Crippen molar-refractivity contribution in [3.63, 3.8) is 0 Å². The zero-order chi connectivity index (χ0) is 19.8. The highest BCUT2D eigenvalue weighted by molar-refractivity contribution is 5.86. The highest BCUT2D eigenvalue weighted by atomic mass is 16.4. The van der Waals surface area contributed by atoms with Crippen molar-refractivity contribution in [3.8, 4) is 0 Å². The predicted octanol–water partition coefficient (Wildman–Crippen LogP) is -0.288. The van der Waals surface area contributed by atoms with Crippen LogP contribution in [0.5, 0.6) is 0 Å². The summed E-state index contributed by atoms with van der Waals surface area (Å²) in [5, 5.41) is 29.1. The van der Waals surface area contributed by atoms with Gasteiger partial charge in [0.05, 0.1) is 18.8 Å². The average Bonchev–Trinajstić information content (AvgIpc) is 3.41. The van der Waals surface area contributed by atoms with Gasteiger partial charge in [-0.2, -0.15) is 0 Å². The zero-order valence-electron chi connectivity index (χ0n) is 15.7. The largest absolute Gasteiger partial charge is 0.465 e. The number of piperidine rings is 1. The van der Waals surface area contributed by atoms with Crippen LogP contribution in [-0.2, 0) is 9.59 Å². The first-order valence-electron chi connectivity index (χ1n) is 9.66. The Morgan fingerprint density at radius 2 is 1.93 bits per heavy atom. The van der Waals surface area contributed by atoms with Crippen LogP contribution in [0.3, 0.4) is 0 Å². The Kier molecular flexibility index (Phi) is 5.62. The molecule has 9 heteroatoms. The second kappa shape index (κ2) is 7.63. The van der Waals surface area contributed by atoms with E-state index < -0.39 is 24.3 Å². The first-order chi connectivity index (χ1) is 12.8. The molecule has 0 radical (unpaired) electrons. The molecular formula is C18H29N3O6. The molecule has 2 saturated heterocycles. The summed E-state index contributed by atoms with van der Waals surface area (Å²) in [4.78, 5) is 40.4. The SMILES string of the molecule is C[C@H]1C(=O)N([C@H](CO)CCC(=O)N2CCC3(CC3)[C@H](O)C2)CCN1C(=O)O. The number of aliphatic hydroxyl groups is 2. The smallest absolute Gasteiger partial charge is 0.408 e. The van der Waals surface area contributed by atoms with Gasteiger partial charge in [-0.15, -0.1) is 0 Å². The third kappa shape index (κ3) is 3.89. The number of hydrogen-bond acceptors (Lipinski definition) is 5. The molecule has 3 aliphatic rings. The molecule has 0 aromatic carbocycles. The standard InChI is InChI=1S/C18H29N3O6/c1-12-16(25)21(9-8-20(12)17(26)27)13(11-22)2-3-15(24)19-7-6-18(4-5-18)14(23)10-19/h12-14,22-23H,2-11H2,1H3,(H,26,27)/t12-,13-,14+/m0/s1. The van der Waals surface area contributed by atoms with E-state index in [0.29, 0.717) is 19.5 Å². The molecule has 0 unspecified atom stereocenters. The van der Waals surface area contributed by atoms with Gasteiger partial charge in [0, 0.05) is 32.6 Å². The van der Waals surface area contributed by atoms with Gasteiger partial charge >= 0.3 is 6.09 Å².